The van der Waals surface area contributed by atoms with Gasteiger partial charge in [0, 0.05) is 14.2 Å². The minimum absolute atomic E-state index is 0.461. The van der Waals surface area contributed by atoms with E-state index >= 15 is 0 Å². The van der Waals surface area contributed by atoms with Crippen LogP contribution in [0.4, 0.5) is 4.39 Å². The fourth-order valence-corrected chi connectivity index (χ4v) is 5.13. The van der Waals surface area contributed by atoms with E-state index in [1.165, 1.54) is 12.4 Å². The zero-order valence-corrected chi connectivity index (χ0v) is 24.4. The van der Waals surface area contributed by atoms with E-state index < -0.39 is 47.4 Å². The highest BCUT2D eigenvalue weighted by Gasteiger charge is 2.48. The molecule has 0 aromatic carbocycles. The molecule has 0 amide bonds. The van der Waals surface area contributed by atoms with Crippen LogP contribution in [0.2, 0.25) is 0 Å². The molecule has 2 aliphatic heterocycles. The molecule has 0 aromatic heterocycles. The van der Waals surface area contributed by atoms with E-state index in [1.54, 1.807) is 38.1 Å². The summed E-state index contributed by atoms with van der Waals surface area (Å²) in [5.74, 6) is 0.461. The van der Waals surface area contributed by atoms with Crippen LogP contribution in [0.25, 0.3) is 0 Å². The Bertz CT molecular complexity index is 1020. The van der Waals surface area contributed by atoms with Gasteiger partial charge in [-0.05, 0) is 19.9 Å². The summed E-state index contributed by atoms with van der Waals surface area (Å²) in [6.07, 6.45) is 3.31. The SMILES string of the molecule is C=C/C=C1/C(N)=NC=NN1C.C=C[C@]1(C)OC(C)[C@H](F)[C@@H]1O.CC.COP(=O)(O)OP(=O)(O)OP(=O)(O)O. The second-order valence-corrected chi connectivity index (χ2v) is 11.5. The molecule has 0 aromatic rings. The number of allylic oxidation sites excluding steroid dienone is 2. The smallest absolute Gasteiger partial charge is 0.387 e. The largest absolute Gasteiger partial charge is 0.490 e. The van der Waals surface area contributed by atoms with Crippen LogP contribution < -0.4 is 5.73 Å². The molecule has 3 unspecified atom stereocenters. The molecule has 7 N–H and O–H groups in total. The van der Waals surface area contributed by atoms with Crippen LogP contribution in [0.3, 0.4) is 0 Å². The van der Waals surface area contributed by atoms with Gasteiger partial charge in [0.05, 0.1) is 6.10 Å². The summed E-state index contributed by atoms with van der Waals surface area (Å²) in [6.45, 7) is 14.3. The van der Waals surface area contributed by atoms with E-state index in [9.17, 15) is 23.2 Å². The van der Waals surface area contributed by atoms with Crippen LogP contribution >= 0.6 is 23.5 Å². The average molecular weight is 612 g/mol. The fraction of sp³-hybridized carbons (Fsp3) is 0.556. The van der Waals surface area contributed by atoms with Gasteiger partial charge in [-0.15, -0.1) is 6.58 Å². The lowest BCUT2D eigenvalue weighted by Crippen LogP contribution is -2.36. The van der Waals surface area contributed by atoms with Crippen molar-refractivity contribution in [1.82, 2.24) is 5.01 Å². The molecule has 16 nitrogen and oxygen atoms in total. The summed E-state index contributed by atoms with van der Waals surface area (Å²) in [5.41, 5.74) is 5.40. The number of phosphoric acid groups is 3. The lowest BCUT2D eigenvalue weighted by Gasteiger charge is -2.22. The molecule has 38 heavy (non-hydrogen) atoms. The number of ether oxygens (including phenoxy) is 1. The van der Waals surface area contributed by atoms with Crippen LogP contribution in [0, 0.1) is 0 Å². The number of hydrogen-bond acceptors (Lipinski definition) is 12. The van der Waals surface area contributed by atoms with Gasteiger partial charge in [-0.2, -0.15) is 13.7 Å². The van der Waals surface area contributed by atoms with Gasteiger partial charge in [0.2, 0.25) is 0 Å². The number of likely N-dealkylation sites (N-methyl/N-ethyl adjacent to an activating group) is 1. The molecule has 0 aliphatic carbocycles. The van der Waals surface area contributed by atoms with Gasteiger partial charge in [0.15, 0.2) is 12.0 Å². The number of aliphatic hydroxyl groups is 1. The average Bonchev–Trinajstić information content (AvgIpc) is 2.99. The van der Waals surface area contributed by atoms with Gasteiger partial charge in [-0.3, -0.25) is 9.53 Å². The first kappa shape index (κ1) is 38.6. The molecular formula is C18H36FN4O12P3. The highest BCUT2D eigenvalue weighted by Crippen LogP contribution is 2.66. The summed E-state index contributed by atoms with van der Waals surface area (Å²) >= 11 is 0. The van der Waals surface area contributed by atoms with Crippen molar-refractivity contribution in [1.29, 1.82) is 0 Å². The number of hydrogen-bond donors (Lipinski definition) is 6. The molecule has 0 spiro atoms. The van der Waals surface area contributed by atoms with Crippen molar-refractivity contribution < 1.29 is 60.6 Å². The number of hydrazone groups is 1. The zero-order valence-electron chi connectivity index (χ0n) is 21.7. The van der Waals surface area contributed by atoms with Crippen molar-refractivity contribution in [3.63, 3.8) is 0 Å². The van der Waals surface area contributed by atoms with Crippen molar-refractivity contribution in [3.8, 4) is 0 Å². The second kappa shape index (κ2) is 16.5. The highest BCUT2D eigenvalue weighted by molar-refractivity contribution is 7.66. The minimum atomic E-state index is -5.35. The standard InChI is InChI=1S/C8H13FO2.C7H10N4.C2H6.CH7O10P3/c1-4-8(3)7(10)6(9)5(2)11-8;1-3-4-6-7(8)9-5-10-11(6)2;1-2;1-9-13(5,6)11-14(7,8)10-12(2,3)4/h4-7,10H,1H2,2-3H3;3-5H,1H2,2H3,(H2,8,9,10);1-2H3;1H3,(H,5,6)(H,7,8)(H2,2,3,4)/b;6-4-;;/t5?,6-,7-,8-;;;/m0.../s1. The Morgan fingerprint density at radius 1 is 1.18 bits per heavy atom. The molecule has 1 fully saturated rings. The Morgan fingerprint density at radius 2 is 1.71 bits per heavy atom. The Kier molecular flexibility index (Phi) is 16.8. The number of amidine groups is 1. The third kappa shape index (κ3) is 14.0. The van der Waals surface area contributed by atoms with Crippen molar-refractivity contribution >= 4 is 35.6 Å². The van der Waals surface area contributed by atoms with E-state index in [2.05, 4.69) is 36.4 Å². The molecule has 0 radical (unpaired) electrons. The molecule has 2 heterocycles. The van der Waals surface area contributed by atoms with Crippen molar-refractivity contribution in [3.05, 3.63) is 37.1 Å². The Hall–Kier alpha value is -1.58. The van der Waals surface area contributed by atoms with E-state index in [0.717, 1.165) is 5.70 Å². The van der Waals surface area contributed by atoms with Crippen LogP contribution in [-0.4, -0.2) is 80.0 Å². The number of aliphatic hydroxyl groups excluding tert-OH is 1. The van der Waals surface area contributed by atoms with Crippen molar-refractivity contribution in [2.45, 2.75) is 51.7 Å². The van der Waals surface area contributed by atoms with Gasteiger partial charge in [-0.25, -0.2) is 23.1 Å². The molecular weight excluding hydrogens is 576 g/mol. The Balaban J connectivity index is 0. The number of halogens is 1. The molecule has 0 saturated carbocycles. The molecule has 2 rings (SSSR count). The number of aliphatic imine (C=N–C) groups is 1. The van der Waals surface area contributed by atoms with Crippen LogP contribution in [0.1, 0.15) is 27.7 Å². The monoisotopic (exact) mass is 612 g/mol. The first-order chi connectivity index (χ1) is 17.2. The van der Waals surface area contributed by atoms with Gasteiger partial charge in [-0.1, -0.05) is 32.6 Å². The predicted octanol–water partition coefficient (Wildman–Crippen LogP) is 2.34. The Morgan fingerprint density at radius 3 is 2.03 bits per heavy atom. The summed E-state index contributed by atoms with van der Waals surface area (Å²) in [7, 11) is -13.0. The third-order valence-electron chi connectivity index (χ3n) is 4.14. The van der Waals surface area contributed by atoms with Crippen molar-refractivity contribution in [2.24, 2.45) is 15.8 Å². The quantitative estimate of drug-likeness (QED) is 0.179. The summed E-state index contributed by atoms with van der Waals surface area (Å²) in [5, 5.41) is 14.9. The van der Waals surface area contributed by atoms with Gasteiger partial charge >= 0.3 is 23.5 Å². The molecule has 6 atom stereocenters. The normalized spacial score (nSPS) is 28.6. The van der Waals surface area contributed by atoms with E-state index in [0.29, 0.717) is 12.9 Å². The Labute approximate surface area is 220 Å². The van der Waals surface area contributed by atoms with Gasteiger partial charge in [0.1, 0.15) is 23.7 Å². The van der Waals surface area contributed by atoms with E-state index in [1.807, 2.05) is 13.8 Å². The van der Waals surface area contributed by atoms with Gasteiger partial charge in [0.25, 0.3) is 0 Å². The second-order valence-electron chi connectivity index (χ2n) is 6.93. The first-order valence-corrected chi connectivity index (χ1v) is 15.0. The van der Waals surface area contributed by atoms with Crippen LogP contribution in [-0.2, 0) is 31.6 Å². The molecule has 2 aliphatic rings. The highest BCUT2D eigenvalue weighted by atomic mass is 31.3. The topological polar surface area (TPSA) is 243 Å². The fourth-order valence-electron chi connectivity index (χ4n) is 2.35. The molecule has 20 heteroatoms. The number of phosphoric ester groups is 1. The number of nitrogens with zero attached hydrogens (tertiary/aromatic N) is 3. The summed E-state index contributed by atoms with van der Waals surface area (Å²) in [4.78, 5) is 37.0. The summed E-state index contributed by atoms with van der Waals surface area (Å²) in [6, 6.07) is 0. The molecule has 1 saturated heterocycles. The maximum atomic E-state index is 13.0. The number of nitrogens with two attached hydrogens (primary N) is 1. The van der Waals surface area contributed by atoms with E-state index in [4.69, 9.17) is 30.0 Å². The lowest BCUT2D eigenvalue weighted by atomic mass is 9.98. The number of alkyl halides is 1. The van der Waals surface area contributed by atoms with E-state index in [-0.39, 0.29) is 0 Å². The first-order valence-electron chi connectivity index (χ1n) is 10.5. The maximum absolute atomic E-state index is 13.0. The van der Waals surface area contributed by atoms with Gasteiger partial charge < -0.3 is 35.2 Å². The summed E-state index contributed by atoms with van der Waals surface area (Å²) < 4.78 is 59.7. The lowest BCUT2D eigenvalue weighted by molar-refractivity contribution is -0.0295. The predicted molar refractivity (Wildman–Crippen MR) is 138 cm³/mol. The maximum Gasteiger partial charge on any atom is 0.490 e. The molecule has 222 valence electrons. The van der Waals surface area contributed by atoms with Crippen molar-refractivity contribution in [2.75, 3.05) is 14.2 Å². The zero-order chi connectivity index (χ0) is 30.5. The number of rotatable bonds is 7. The minimum Gasteiger partial charge on any atom is -0.387 e. The van der Waals surface area contributed by atoms with Crippen LogP contribution in [0.5, 0.6) is 0 Å². The third-order valence-corrected chi connectivity index (χ3v) is 7.93. The van der Waals surface area contributed by atoms with Crippen LogP contribution in [0.15, 0.2) is 47.2 Å². The molecule has 0 bridgehead atoms.